The average molecular weight is 328 g/mol. The Morgan fingerprint density at radius 3 is 2.62 bits per heavy atom. The number of hydrogen-bond donors (Lipinski definition) is 0. The van der Waals surface area contributed by atoms with Gasteiger partial charge in [0, 0.05) is 19.1 Å². The molecule has 0 N–H and O–H groups in total. The number of piperidine rings is 1. The Bertz CT molecular complexity index is 682. The molecule has 0 radical (unpaired) electrons. The van der Waals surface area contributed by atoms with E-state index < -0.39 is 0 Å². The fourth-order valence-corrected chi connectivity index (χ4v) is 4.34. The van der Waals surface area contributed by atoms with Crippen molar-refractivity contribution in [1.82, 2.24) is 24.7 Å². The Balaban J connectivity index is 1.48. The first-order valence-corrected chi connectivity index (χ1v) is 9.45. The Morgan fingerprint density at radius 2 is 1.92 bits per heavy atom. The molecule has 0 aliphatic carbocycles. The van der Waals surface area contributed by atoms with Gasteiger partial charge in [-0.05, 0) is 64.1 Å². The van der Waals surface area contributed by atoms with E-state index in [0.29, 0.717) is 0 Å². The van der Waals surface area contributed by atoms with Crippen molar-refractivity contribution in [3.05, 3.63) is 18.1 Å². The van der Waals surface area contributed by atoms with Gasteiger partial charge in [-0.1, -0.05) is 6.92 Å². The molecule has 0 spiro atoms. The molecule has 0 aromatic carbocycles. The molecule has 4 heterocycles. The monoisotopic (exact) mass is 328 g/mol. The van der Waals surface area contributed by atoms with Gasteiger partial charge in [0.15, 0.2) is 0 Å². The zero-order valence-electron chi connectivity index (χ0n) is 14.9. The summed E-state index contributed by atoms with van der Waals surface area (Å²) < 4.78 is 1.83. The van der Waals surface area contributed by atoms with Crippen LogP contribution in [0.2, 0.25) is 0 Å². The first-order chi connectivity index (χ1) is 11.8. The molecule has 6 nitrogen and oxygen atoms in total. The fourth-order valence-electron chi connectivity index (χ4n) is 4.34. The summed E-state index contributed by atoms with van der Waals surface area (Å²) >= 11 is 0. The molecule has 2 aliphatic rings. The molecule has 2 aromatic rings. The van der Waals surface area contributed by atoms with Gasteiger partial charge >= 0.3 is 0 Å². The molecule has 1 atom stereocenters. The van der Waals surface area contributed by atoms with Crippen LogP contribution >= 0.6 is 0 Å². The summed E-state index contributed by atoms with van der Waals surface area (Å²) in [6, 6.07) is 2.93. The van der Waals surface area contributed by atoms with Crippen molar-refractivity contribution in [1.29, 1.82) is 0 Å². The summed E-state index contributed by atoms with van der Waals surface area (Å²) in [5.74, 6) is 0.820. The third-order valence-electron chi connectivity index (χ3n) is 5.94. The molecule has 2 aliphatic heterocycles. The van der Waals surface area contributed by atoms with Crippen molar-refractivity contribution < 1.29 is 0 Å². The number of nitrogens with zero attached hydrogens (tertiary/aromatic N) is 6. The lowest BCUT2D eigenvalue weighted by atomic mass is 9.89. The van der Waals surface area contributed by atoms with Crippen LogP contribution in [0, 0.1) is 5.92 Å². The summed E-state index contributed by atoms with van der Waals surface area (Å²) in [4.78, 5) is 5.18. The van der Waals surface area contributed by atoms with E-state index >= 15 is 0 Å². The van der Waals surface area contributed by atoms with E-state index in [1.165, 1.54) is 44.5 Å². The second-order valence-corrected chi connectivity index (χ2v) is 7.28. The van der Waals surface area contributed by atoms with Gasteiger partial charge in [-0.3, -0.25) is 0 Å². The van der Waals surface area contributed by atoms with E-state index in [9.17, 15) is 0 Å². The van der Waals surface area contributed by atoms with Crippen LogP contribution in [-0.2, 0) is 6.42 Å². The highest BCUT2D eigenvalue weighted by atomic mass is 15.4. The van der Waals surface area contributed by atoms with Crippen LogP contribution in [-0.4, -0.2) is 56.9 Å². The molecule has 24 heavy (non-hydrogen) atoms. The second-order valence-electron chi connectivity index (χ2n) is 7.28. The normalized spacial score (nSPS) is 21.7. The van der Waals surface area contributed by atoms with Gasteiger partial charge in [0.1, 0.15) is 6.33 Å². The van der Waals surface area contributed by atoms with Gasteiger partial charge in [0.05, 0.1) is 11.4 Å². The Labute approximate surface area is 143 Å². The maximum Gasteiger partial charge on any atom is 0.200 e. The third kappa shape index (κ3) is 2.88. The molecule has 1 unspecified atom stereocenters. The lowest BCUT2D eigenvalue weighted by Gasteiger charge is -2.39. The highest BCUT2D eigenvalue weighted by Gasteiger charge is 2.29. The van der Waals surface area contributed by atoms with Gasteiger partial charge in [-0.25, -0.2) is 0 Å². The number of rotatable bonds is 4. The Hall–Kier alpha value is -1.69. The largest absolute Gasteiger partial charge is 0.368 e. The van der Waals surface area contributed by atoms with Gasteiger partial charge in [0.2, 0.25) is 5.65 Å². The van der Waals surface area contributed by atoms with Crippen molar-refractivity contribution >= 4 is 11.3 Å². The van der Waals surface area contributed by atoms with E-state index in [1.807, 2.05) is 4.52 Å². The minimum Gasteiger partial charge on any atom is -0.368 e. The van der Waals surface area contributed by atoms with Crippen molar-refractivity contribution in [2.75, 3.05) is 31.1 Å². The number of aryl methyl sites for hydroxylation is 1. The Morgan fingerprint density at radius 1 is 1.17 bits per heavy atom. The van der Waals surface area contributed by atoms with Gasteiger partial charge in [-0.15, -0.1) is 10.2 Å². The van der Waals surface area contributed by atoms with Gasteiger partial charge in [-0.2, -0.15) is 9.61 Å². The first-order valence-electron chi connectivity index (χ1n) is 9.45. The molecule has 0 bridgehead atoms. The van der Waals surface area contributed by atoms with Crippen LogP contribution in [0.3, 0.4) is 0 Å². The van der Waals surface area contributed by atoms with E-state index in [1.54, 1.807) is 6.33 Å². The summed E-state index contributed by atoms with van der Waals surface area (Å²) in [7, 11) is 0. The van der Waals surface area contributed by atoms with Crippen LogP contribution in [0.1, 0.15) is 45.2 Å². The van der Waals surface area contributed by atoms with Crippen molar-refractivity contribution in [3.63, 3.8) is 0 Å². The minimum atomic E-state index is 0.728. The molecule has 0 amide bonds. The highest BCUT2D eigenvalue weighted by molar-refractivity contribution is 5.68. The van der Waals surface area contributed by atoms with Crippen LogP contribution in [0.4, 0.5) is 5.69 Å². The van der Waals surface area contributed by atoms with E-state index in [-0.39, 0.29) is 0 Å². The van der Waals surface area contributed by atoms with Gasteiger partial charge in [0.25, 0.3) is 0 Å². The van der Waals surface area contributed by atoms with Crippen LogP contribution in [0.25, 0.3) is 5.65 Å². The van der Waals surface area contributed by atoms with Crippen molar-refractivity contribution in [3.8, 4) is 0 Å². The van der Waals surface area contributed by atoms with Crippen LogP contribution in [0.15, 0.2) is 12.4 Å². The predicted octanol–water partition coefficient (Wildman–Crippen LogP) is 2.39. The SMILES string of the molecule is CCc1cc(N2CCC(C(C)N3CCCC3)CC2)c2nncn2n1. The number of fused-ring (bicyclic) bond motifs is 1. The summed E-state index contributed by atoms with van der Waals surface area (Å²) in [6.45, 7) is 9.39. The van der Waals surface area contributed by atoms with Crippen molar-refractivity contribution in [2.24, 2.45) is 5.92 Å². The molecule has 4 rings (SSSR count). The molecular weight excluding hydrogens is 300 g/mol. The number of anilines is 1. The lowest BCUT2D eigenvalue weighted by molar-refractivity contribution is 0.168. The standard InChI is InChI=1S/C18H28N6/c1-3-16-12-17(18-20-19-13-24(18)21-16)23-10-6-15(7-11-23)14(2)22-8-4-5-9-22/h12-15H,3-11H2,1-2H3. The van der Waals surface area contributed by atoms with Crippen LogP contribution in [0.5, 0.6) is 0 Å². The van der Waals surface area contributed by atoms with Crippen molar-refractivity contribution in [2.45, 2.75) is 52.0 Å². The van der Waals surface area contributed by atoms with E-state index in [0.717, 1.165) is 42.8 Å². The minimum absolute atomic E-state index is 0.728. The number of hydrogen-bond acceptors (Lipinski definition) is 5. The van der Waals surface area contributed by atoms with Gasteiger partial charge < -0.3 is 9.80 Å². The second kappa shape index (κ2) is 6.67. The molecule has 6 heteroatoms. The number of likely N-dealkylation sites (tertiary alicyclic amines) is 1. The summed E-state index contributed by atoms with van der Waals surface area (Å²) in [6.07, 6.45) is 7.93. The lowest BCUT2D eigenvalue weighted by Crippen LogP contribution is -2.43. The molecule has 0 saturated carbocycles. The summed E-state index contributed by atoms with van der Waals surface area (Å²) in [5.41, 5.74) is 3.19. The van der Waals surface area contributed by atoms with Crippen LogP contribution < -0.4 is 4.90 Å². The quantitative estimate of drug-likeness (QED) is 0.862. The predicted molar refractivity (Wildman–Crippen MR) is 95.4 cm³/mol. The maximum atomic E-state index is 4.56. The molecule has 2 saturated heterocycles. The smallest absolute Gasteiger partial charge is 0.200 e. The molecular formula is C18H28N6. The topological polar surface area (TPSA) is 49.6 Å². The highest BCUT2D eigenvalue weighted by Crippen LogP contribution is 2.30. The van der Waals surface area contributed by atoms with E-state index in [4.69, 9.17) is 0 Å². The fraction of sp³-hybridized carbons (Fsp3) is 0.722. The zero-order chi connectivity index (χ0) is 16.5. The maximum absolute atomic E-state index is 4.56. The molecule has 2 aromatic heterocycles. The third-order valence-corrected chi connectivity index (χ3v) is 5.94. The molecule has 130 valence electrons. The summed E-state index contributed by atoms with van der Waals surface area (Å²) in [5, 5.41) is 12.9. The average Bonchev–Trinajstić information content (AvgIpc) is 3.31. The first kappa shape index (κ1) is 15.8. The zero-order valence-corrected chi connectivity index (χ0v) is 14.9. The molecule has 2 fully saturated rings. The van der Waals surface area contributed by atoms with E-state index in [2.05, 4.69) is 45.0 Å². The number of aromatic nitrogens is 4. The Kier molecular flexibility index (Phi) is 4.39.